The highest BCUT2D eigenvalue weighted by Gasteiger charge is 2.17. The van der Waals surface area contributed by atoms with Crippen LogP contribution in [0.3, 0.4) is 0 Å². The third-order valence-electron chi connectivity index (χ3n) is 2.68. The third kappa shape index (κ3) is 3.06. The van der Waals surface area contributed by atoms with Crippen LogP contribution in [0.2, 0.25) is 0 Å². The lowest BCUT2D eigenvalue weighted by atomic mass is 10.0. The number of H-pyrrole nitrogens is 1. The number of aromatic amines is 1. The summed E-state index contributed by atoms with van der Waals surface area (Å²) in [5.74, 6) is 0.638. The molecule has 1 aliphatic heterocycles. The second kappa shape index (κ2) is 4.93. The van der Waals surface area contributed by atoms with Crippen LogP contribution < -0.4 is 10.6 Å². The van der Waals surface area contributed by atoms with Gasteiger partial charge >= 0.3 is 0 Å². The van der Waals surface area contributed by atoms with Crippen molar-refractivity contribution in [2.45, 2.75) is 19.4 Å². The van der Waals surface area contributed by atoms with E-state index < -0.39 is 0 Å². The molecule has 1 aliphatic rings. The summed E-state index contributed by atoms with van der Waals surface area (Å²) in [6.45, 7) is 2.58. The van der Waals surface area contributed by atoms with E-state index in [9.17, 15) is 4.79 Å². The monoisotopic (exact) mass is 208 g/mol. The van der Waals surface area contributed by atoms with Crippen LogP contribution in [0, 0.1) is 5.92 Å². The maximum Gasteiger partial charge on any atom is 0.220 e. The van der Waals surface area contributed by atoms with Gasteiger partial charge in [-0.25, -0.2) is 0 Å². The van der Waals surface area contributed by atoms with E-state index in [4.69, 9.17) is 0 Å². The molecule has 1 unspecified atom stereocenters. The molecule has 0 aromatic carbocycles. The first-order chi connectivity index (χ1) is 7.34. The lowest BCUT2D eigenvalue weighted by Crippen LogP contribution is -2.25. The van der Waals surface area contributed by atoms with Gasteiger partial charge in [0.15, 0.2) is 0 Å². The highest BCUT2D eigenvalue weighted by Crippen LogP contribution is 2.11. The van der Waals surface area contributed by atoms with E-state index in [1.54, 1.807) is 12.4 Å². The number of hydrogen-bond donors (Lipinski definition) is 3. The number of amides is 1. The van der Waals surface area contributed by atoms with E-state index in [-0.39, 0.29) is 5.91 Å². The molecule has 1 aromatic rings. The van der Waals surface area contributed by atoms with E-state index in [1.807, 2.05) is 0 Å². The zero-order valence-corrected chi connectivity index (χ0v) is 8.62. The number of carbonyl (C=O) groups is 1. The Bertz CT molecular complexity index is 303. The van der Waals surface area contributed by atoms with Gasteiger partial charge in [-0.15, -0.1) is 0 Å². The molecular weight excluding hydrogens is 192 g/mol. The van der Waals surface area contributed by atoms with E-state index >= 15 is 0 Å². The zero-order chi connectivity index (χ0) is 10.5. The van der Waals surface area contributed by atoms with E-state index in [0.717, 1.165) is 25.1 Å². The maximum absolute atomic E-state index is 11.5. The Hall–Kier alpha value is -1.36. The van der Waals surface area contributed by atoms with E-state index in [0.29, 0.717) is 18.9 Å². The van der Waals surface area contributed by atoms with Gasteiger partial charge in [0, 0.05) is 24.7 Å². The van der Waals surface area contributed by atoms with Crippen molar-refractivity contribution >= 4 is 5.91 Å². The van der Waals surface area contributed by atoms with Crippen LogP contribution in [-0.4, -0.2) is 29.2 Å². The molecule has 2 heterocycles. The predicted molar refractivity (Wildman–Crippen MR) is 56.0 cm³/mol. The molecular formula is C10H16N4O. The molecule has 1 aromatic heterocycles. The third-order valence-corrected chi connectivity index (χ3v) is 2.68. The first-order valence-corrected chi connectivity index (χ1v) is 5.29. The Kier molecular flexibility index (Phi) is 3.34. The zero-order valence-electron chi connectivity index (χ0n) is 8.62. The van der Waals surface area contributed by atoms with Gasteiger partial charge in [0.25, 0.3) is 0 Å². The molecule has 5 nitrogen and oxygen atoms in total. The summed E-state index contributed by atoms with van der Waals surface area (Å²) < 4.78 is 0. The molecule has 0 bridgehead atoms. The van der Waals surface area contributed by atoms with Gasteiger partial charge in [-0.3, -0.25) is 9.89 Å². The van der Waals surface area contributed by atoms with E-state index in [1.165, 1.54) is 0 Å². The smallest absolute Gasteiger partial charge is 0.220 e. The predicted octanol–water partition coefficient (Wildman–Crippen LogP) is 0.0255. The summed E-state index contributed by atoms with van der Waals surface area (Å²) in [5, 5.41) is 12.7. The highest BCUT2D eigenvalue weighted by molar-refractivity contribution is 5.76. The summed E-state index contributed by atoms with van der Waals surface area (Å²) >= 11 is 0. The van der Waals surface area contributed by atoms with Crippen molar-refractivity contribution in [3.63, 3.8) is 0 Å². The SMILES string of the molecule is O=C(CC1CCNC1)NCc1cn[nH]c1. The minimum absolute atomic E-state index is 0.130. The number of carbonyl (C=O) groups excluding carboxylic acids is 1. The molecule has 1 saturated heterocycles. The number of aromatic nitrogens is 2. The largest absolute Gasteiger partial charge is 0.352 e. The topological polar surface area (TPSA) is 69.8 Å². The van der Waals surface area contributed by atoms with Crippen molar-refractivity contribution < 1.29 is 4.79 Å². The molecule has 1 amide bonds. The molecule has 0 spiro atoms. The molecule has 1 atom stereocenters. The Morgan fingerprint density at radius 3 is 3.27 bits per heavy atom. The summed E-state index contributed by atoms with van der Waals surface area (Å²) in [5.41, 5.74) is 1.01. The average Bonchev–Trinajstić information content (AvgIpc) is 2.86. The number of hydrogen-bond acceptors (Lipinski definition) is 3. The Morgan fingerprint density at radius 1 is 1.67 bits per heavy atom. The molecule has 1 fully saturated rings. The van der Waals surface area contributed by atoms with Crippen molar-refractivity contribution in [2.75, 3.05) is 13.1 Å². The fourth-order valence-corrected chi connectivity index (χ4v) is 1.80. The van der Waals surface area contributed by atoms with Gasteiger partial charge in [0.05, 0.1) is 6.20 Å². The van der Waals surface area contributed by atoms with E-state index in [2.05, 4.69) is 20.8 Å². The first kappa shape index (κ1) is 10.2. The number of nitrogens with zero attached hydrogens (tertiary/aromatic N) is 1. The second-order valence-corrected chi connectivity index (χ2v) is 3.95. The summed E-state index contributed by atoms with van der Waals surface area (Å²) in [6.07, 6.45) is 5.25. The molecule has 0 aliphatic carbocycles. The van der Waals surface area contributed by atoms with Crippen molar-refractivity contribution in [3.8, 4) is 0 Å². The highest BCUT2D eigenvalue weighted by atomic mass is 16.1. The van der Waals surface area contributed by atoms with Crippen molar-refractivity contribution in [3.05, 3.63) is 18.0 Å². The summed E-state index contributed by atoms with van der Waals surface area (Å²) in [6, 6.07) is 0. The fraction of sp³-hybridized carbons (Fsp3) is 0.600. The molecule has 5 heteroatoms. The number of nitrogens with one attached hydrogen (secondary N) is 3. The van der Waals surface area contributed by atoms with Gasteiger partial charge in [-0.1, -0.05) is 0 Å². The van der Waals surface area contributed by atoms with Crippen LogP contribution in [0.4, 0.5) is 0 Å². The Balaban J connectivity index is 1.68. The summed E-state index contributed by atoms with van der Waals surface area (Å²) in [7, 11) is 0. The van der Waals surface area contributed by atoms with Crippen LogP contribution in [0.5, 0.6) is 0 Å². The van der Waals surface area contributed by atoms with Crippen LogP contribution in [0.25, 0.3) is 0 Å². The standard InChI is InChI=1S/C10H16N4O/c15-10(3-8-1-2-11-4-8)12-5-9-6-13-14-7-9/h6-8,11H,1-5H2,(H,12,15)(H,13,14). The quantitative estimate of drug-likeness (QED) is 0.653. The lowest BCUT2D eigenvalue weighted by molar-refractivity contribution is -0.122. The summed E-state index contributed by atoms with van der Waals surface area (Å²) in [4.78, 5) is 11.5. The molecule has 3 N–H and O–H groups in total. The molecule has 15 heavy (non-hydrogen) atoms. The minimum Gasteiger partial charge on any atom is -0.352 e. The Morgan fingerprint density at radius 2 is 2.60 bits per heavy atom. The average molecular weight is 208 g/mol. The molecule has 82 valence electrons. The van der Waals surface area contributed by atoms with Crippen molar-refractivity contribution in [1.82, 2.24) is 20.8 Å². The molecule has 0 saturated carbocycles. The lowest BCUT2D eigenvalue weighted by Gasteiger charge is -2.07. The van der Waals surface area contributed by atoms with Gasteiger partial charge in [-0.2, -0.15) is 5.10 Å². The van der Waals surface area contributed by atoms with Crippen molar-refractivity contribution in [1.29, 1.82) is 0 Å². The second-order valence-electron chi connectivity index (χ2n) is 3.95. The Labute approximate surface area is 88.6 Å². The van der Waals surface area contributed by atoms with Crippen LogP contribution in [0.1, 0.15) is 18.4 Å². The molecule has 2 rings (SSSR count). The van der Waals surface area contributed by atoms with Gasteiger partial charge in [-0.05, 0) is 25.4 Å². The van der Waals surface area contributed by atoms with Crippen LogP contribution in [0.15, 0.2) is 12.4 Å². The van der Waals surface area contributed by atoms with Crippen LogP contribution >= 0.6 is 0 Å². The first-order valence-electron chi connectivity index (χ1n) is 5.29. The fourth-order valence-electron chi connectivity index (χ4n) is 1.80. The minimum atomic E-state index is 0.130. The number of rotatable bonds is 4. The molecule has 0 radical (unpaired) electrons. The maximum atomic E-state index is 11.5. The van der Waals surface area contributed by atoms with Gasteiger partial charge in [0.1, 0.15) is 0 Å². The van der Waals surface area contributed by atoms with Crippen LogP contribution in [-0.2, 0) is 11.3 Å². The normalized spacial score (nSPS) is 20.4. The van der Waals surface area contributed by atoms with Crippen molar-refractivity contribution in [2.24, 2.45) is 5.92 Å². The van der Waals surface area contributed by atoms with Gasteiger partial charge < -0.3 is 10.6 Å². The van der Waals surface area contributed by atoms with Gasteiger partial charge in [0.2, 0.25) is 5.91 Å².